The number of nitrogen functional groups attached to an aromatic ring is 1. The highest BCUT2D eigenvalue weighted by molar-refractivity contribution is 5.84. The van der Waals surface area contributed by atoms with Crippen LogP contribution in [0.15, 0.2) is 53.9 Å². The minimum Gasteiger partial charge on any atom is -0.472 e. The van der Waals surface area contributed by atoms with Crippen molar-refractivity contribution in [2.24, 2.45) is 0 Å². The van der Waals surface area contributed by atoms with Gasteiger partial charge in [0.1, 0.15) is 12.1 Å². The Hall–Kier alpha value is -3.42. The van der Waals surface area contributed by atoms with Gasteiger partial charge in [0.15, 0.2) is 11.5 Å². The highest BCUT2D eigenvalue weighted by Gasteiger charge is 2.15. The third kappa shape index (κ3) is 2.46. The summed E-state index contributed by atoms with van der Waals surface area (Å²) < 4.78 is 6.67. The van der Waals surface area contributed by atoms with Crippen molar-refractivity contribution in [3.8, 4) is 11.3 Å². The molecule has 0 bridgehead atoms. The third-order valence-electron chi connectivity index (χ3n) is 3.40. The Balaban J connectivity index is 0.00000169. The van der Waals surface area contributed by atoms with E-state index in [4.69, 9.17) is 10.2 Å². The zero-order valence-corrected chi connectivity index (χ0v) is 12.0. The largest absolute Gasteiger partial charge is 0.472 e. The topological polar surface area (TPSA) is 107 Å². The molecule has 8 heteroatoms. The highest BCUT2D eigenvalue weighted by Crippen LogP contribution is 2.28. The molecule has 0 aliphatic carbocycles. The molecular weight excluding hydrogens is 294 g/mol. The van der Waals surface area contributed by atoms with Gasteiger partial charge >= 0.3 is 0 Å². The first-order valence-electron chi connectivity index (χ1n) is 6.97. The summed E-state index contributed by atoms with van der Waals surface area (Å²) >= 11 is 0. The maximum absolute atomic E-state index is 6.02. The van der Waals surface area contributed by atoms with E-state index >= 15 is 0 Å². The van der Waals surface area contributed by atoms with Gasteiger partial charge in [-0.15, -0.1) is 5.10 Å². The second kappa shape index (κ2) is 5.41. The van der Waals surface area contributed by atoms with E-state index in [1.165, 1.54) is 6.33 Å². The number of nitrogens with two attached hydrogens (primary N) is 1. The molecule has 116 valence electrons. The van der Waals surface area contributed by atoms with Crippen LogP contribution in [0.5, 0.6) is 0 Å². The SMILES string of the molecule is Nc1nn2cccnc2c1-c1cc(NCc2ccoc2)ncn1.[HH]. The summed E-state index contributed by atoms with van der Waals surface area (Å²) in [4.78, 5) is 12.8. The van der Waals surface area contributed by atoms with Crippen molar-refractivity contribution in [3.63, 3.8) is 0 Å². The van der Waals surface area contributed by atoms with Crippen LogP contribution in [0.2, 0.25) is 0 Å². The number of furan rings is 1. The molecule has 8 nitrogen and oxygen atoms in total. The summed E-state index contributed by atoms with van der Waals surface area (Å²) in [5.74, 6) is 1.06. The van der Waals surface area contributed by atoms with Crippen LogP contribution in [0.1, 0.15) is 6.99 Å². The zero-order chi connectivity index (χ0) is 15.6. The molecule has 4 aromatic heterocycles. The average Bonchev–Trinajstić information content (AvgIpc) is 3.19. The minimum absolute atomic E-state index is 0. The molecule has 0 unspecified atom stereocenters. The Morgan fingerprint density at radius 1 is 1.30 bits per heavy atom. The van der Waals surface area contributed by atoms with Crippen LogP contribution in [-0.2, 0) is 6.54 Å². The van der Waals surface area contributed by atoms with Crippen LogP contribution < -0.4 is 11.1 Å². The van der Waals surface area contributed by atoms with E-state index in [-0.39, 0.29) is 1.43 Å². The molecule has 4 heterocycles. The van der Waals surface area contributed by atoms with E-state index in [0.717, 1.165) is 5.56 Å². The van der Waals surface area contributed by atoms with Crippen molar-refractivity contribution in [2.45, 2.75) is 6.54 Å². The Morgan fingerprint density at radius 2 is 2.26 bits per heavy atom. The predicted molar refractivity (Wildman–Crippen MR) is 86.6 cm³/mol. The van der Waals surface area contributed by atoms with Gasteiger partial charge in [-0.2, -0.15) is 0 Å². The molecule has 0 atom stereocenters. The molecule has 0 spiro atoms. The lowest BCUT2D eigenvalue weighted by Crippen LogP contribution is -2.01. The Labute approximate surface area is 132 Å². The molecule has 0 radical (unpaired) electrons. The summed E-state index contributed by atoms with van der Waals surface area (Å²) in [5.41, 5.74) is 9.07. The fourth-order valence-corrected chi connectivity index (χ4v) is 2.33. The first-order chi connectivity index (χ1) is 11.3. The maximum atomic E-state index is 6.02. The molecule has 4 aromatic rings. The van der Waals surface area contributed by atoms with Crippen molar-refractivity contribution in [3.05, 3.63) is 55.0 Å². The number of anilines is 2. The van der Waals surface area contributed by atoms with E-state index < -0.39 is 0 Å². The summed E-state index contributed by atoms with van der Waals surface area (Å²) in [6.07, 6.45) is 8.29. The monoisotopic (exact) mass is 309 g/mol. The van der Waals surface area contributed by atoms with Crippen molar-refractivity contribution in [2.75, 3.05) is 11.1 Å². The smallest absolute Gasteiger partial charge is 0.166 e. The van der Waals surface area contributed by atoms with Gasteiger partial charge in [0.25, 0.3) is 0 Å². The van der Waals surface area contributed by atoms with Crippen LogP contribution in [0, 0.1) is 0 Å². The number of fused-ring (bicyclic) bond motifs is 1. The van der Waals surface area contributed by atoms with E-state index in [2.05, 4.69) is 25.4 Å². The van der Waals surface area contributed by atoms with Crippen LogP contribution in [-0.4, -0.2) is 24.6 Å². The molecule has 0 fully saturated rings. The summed E-state index contributed by atoms with van der Waals surface area (Å²) in [6.45, 7) is 0.607. The predicted octanol–water partition coefficient (Wildman–Crippen LogP) is 2.22. The summed E-state index contributed by atoms with van der Waals surface area (Å²) in [5, 5.41) is 7.46. The third-order valence-corrected chi connectivity index (χ3v) is 3.40. The van der Waals surface area contributed by atoms with Crippen LogP contribution in [0.3, 0.4) is 0 Å². The highest BCUT2D eigenvalue weighted by atomic mass is 16.3. The van der Waals surface area contributed by atoms with E-state index in [1.54, 1.807) is 35.5 Å². The van der Waals surface area contributed by atoms with Gasteiger partial charge in [0.2, 0.25) is 0 Å². The molecule has 3 N–H and O–H groups in total. The number of aromatic nitrogens is 5. The minimum atomic E-state index is 0. The quantitative estimate of drug-likeness (QED) is 0.595. The van der Waals surface area contributed by atoms with E-state index in [0.29, 0.717) is 35.1 Å². The lowest BCUT2D eigenvalue weighted by atomic mass is 10.2. The van der Waals surface area contributed by atoms with Gasteiger partial charge < -0.3 is 15.5 Å². The van der Waals surface area contributed by atoms with Crippen molar-refractivity contribution in [1.82, 2.24) is 24.6 Å². The van der Waals surface area contributed by atoms with Gasteiger partial charge in [-0.25, -0.2) is 19.5 Å². The summed E-state index contributed by atoms with van der Waals surface area (Å²) in [7, 11) is 0. The second-order valence-corrected chi connectivity index (χ2v) is 4.92. The van der Waals surface area contributed by atoms with Crippen molar-refractivity contribution < 1.29 is 5.84 Å². The second-order valence-electron chi connectivity index (χ2n) is 4.92. The number of nitrogens with one attached hydrogen (secondary N) is 1. The van der Waals surface area contributed by atoms with Gasteiger partial charge in [0.05, 0.1) is 23.8 Å². The van der Waals surface area contributed by atoms with Gasteiger partial charge in [0, 0.05) is 32.0 Å². The number of hydrogen-bond acceptors (Lipinski definition) is 7. The maximum Gasteiger partial charge on any atom is 0.166 e. The fourth-order valence-electron chi connectivity index (χ4n) is 2.33. The number of hydrogen-bond donors (Lipinski definition) is 2. The molecular formula is C15H15N7O. The molecule has 0 saturated carbocycles. The van der Waals surface area contributed by atoms with Crippen LogP contribution >= 0.6 is 0 Å². The Kier molecular flexibility index (Phi) is 3.12. The van der Waals surface area contributed by atoms with Crippen molar-refractivity contribution in [1.29, 1.82) is 0 Å². The number of rotatable bonds is 4. The first-order valence-corrected chi connectivity index (χ1v) is 6.97. The zero-order valence-electron chi connectivity index (χ0n) is 12.0. The van der Waals surface area contributed by atoms with E-state index in [1.807, 2.05) is 12.1 Å². The fraction of sp³-hybridized carbons (Fsp3) is 0.0667. The molecule has 0 amide bonds. The summed E-state index contributed by atoms with van der Waals surface area (Å²) in [6, 6.07) is 5.51. The van der Waals surface area contributed by atoms with Gasteiger partial charge in [-0.05, 0) is 12.1 Å². The van der Waals surface area contributed by atoms with Gasteiger partial charge in [-0.1, -0.05) is 0 Å². The molecule has 0 aromatic carbocycles. The molecule has 23 heavy (non-hydrogen) atoms. The van der Waals surface area contributed by atoms with Crippen LogP contribution in [0.4, 0.5) is 11.6 Å². The molecule has 0 aliphatic rings. The lowest BCUT2D eigenvalue weighted by molar-refractivity contribution is 0.564. The lowest BCUT2D eigenvalue weighted by Gasteiger charge is -2.05. The number of nitrogens with zero attached hydrogens (tertiary/aromatic N) is 5. The Morgan fingerprint density at radius 3 is 3.13 bits per heavy atom. The molecule has 4 rings (SSSR count). The van der Waals surface area contributed by atoms with Crippen LogP contribution in [0.25, 0.3) is 16.9 Å². The standard InChI is InChI=1S/C15H13N7O.H2/c16-14-13(15-17-3-1-4-22(15)21-14)11-6-12(20-9-19-11)18-7-10-2-5-23-8-10;/h1-6,8-9H,7H2,(H2,16,21)(H,18,19,20);1H. The average molecular weight is 309 g/mol. The first kappa shape index (κ1) is 13.3. The molecule has 0 aliphatic heterocycles. The van der Waals surface area contributed by atoms with Gasteiger partial charge in [-0.3, -0.25) is 0 Å². The van der Waals surface area contributed by atoms with E-state index in [9.17, 15) is 0 Å². The normalized spacial score (nSPS) is 11.0. The molecule has 0 saturated heterocycles. The Bertz CT molecular complexity index is 952. The van der Waals surface area contributed by atoms with Crippen molar-refractivity contribution >= 4 is 17.3 Å².